The summed E-state index contributed by atoms with van der Waals surface area (Å²) in [4.78, 5) is 19.2. The number of hydrogen-bond acceptors (Lipinski definition) is 5. The van der Waals surface area contributed by atoms with Crippen molar-refractivity contribution in [1.29, 1.82) is 0 Å². The van der Waals surface area contributed by atoms with Crippen LogP contribution in [0.15, 0.2) is 36.4 Å². The van der Waals surface area contributed by atoms with E-state index in [0.29, 0.717) is 17.1 Å². The van der Waals surface area contributed by atoms with Crippen molar-refractivity contribution < 1.29 is 19.4 Å². The van der Waals surface area contributed by atoms with Crippen molar-refractivity contribution in [3.8, 4) is 22.9 Å². The molecule has 0 saturated heterocycles. The average Bonchev–Trinajstić information content (AvgIpc) is 2.97. The summed E-state index contributed by atoms with van der Waals surface area (Å²) in [5, 5.41) is 9.64. The summed E-state index contributed by atoms with van der Waals surface area (Å²) in [6, 6.07) is 10.1. The molecule has 0 aliphatic rings. The van der Waals surface area contributed by atoms with E-state index < -0.39 is 5.97 Å². The molecule has 0 fully saturated rings. The third-order valence-corrected chi connectivity index (χ3v) is 3.36. The van der Waals surface area contributed by atoms with Crippen LogP contribution in [0.3, 0.4) is 0 Å². The van der Waals surface area contributed by atoms with Crippen molar-refractivity contribution in [3.05, 3.63) is 42.0 Å². The molecule has 0 amide bonds. The van der Waals surface area contributed by atoms with Gasteiger partial charge >= 0.3 is 5.97 Å². The van der Waals surface area contributed by atoms with Crippen LogP contribution >= 0.6 is 0 Å². The van der Waals surface area contributed by atoms with E-state index >= 15 is 0 Å². The van der Waals surface area contributed by atoms with Gasteiger partial charge in [-0.05, 0) is 36.4 Å². The lowest BCUT2D eigenvalue weighted by molar-refractivity contribution is 0.0601. The fourth-order valence-corrected chi connectivity index (χ4v) is 2.22. The van der Waals surface area contributed by atoms with Crippen molar-refractivity contribution >= 4 is 17.0 Å². The fraction of sp³-hybridized carbons (Fsp3) is 0.125. The van der Waals surface area contributed by atoms with Gasteiger partial charge in [0.15, 0.2) is 11.5 Å². The molecule has 22 heavy (non-hydrogen) atoms. The molecule has 3 aromatic rings. The number of aromatic nitrogens is 2. The Morgan fingerprint density at radius 3 is 2.73 bits per heavy atom. The Balaban J connectivity index is 2.06. The minimum Gasteiger partial charge on any atom is -0.504 e. The smallest absolute Gasteiger partial charge is 0.337 e. The maximum absolute atomic E-state index is 11.6. The zero-order valence-electron chi connectivity index (χ0n) is 12.1. The van der Waals surface area contributed by atoms with Crippen molar-refractivity contribution in [2.75, 3.05) is 14.2 Å². The summed E-state index contributed by atoms with van der Waals surface area (Å²) in [7, 11) is 2.83. The predicted molar refractivity (Wildman–Crippen MR) is 81.1 cm³/mol. The van der Waals surface area contributed by atoms with E-state index in [4.69, 9.17) is 9.47 Å². The molecule has 0 radical (unpaired) electrons. The SMILES string of the molecule is COC(=O)c1ccc2nc(-c3ccc(O)c(OC)c3)[nH]c2c1. The summed E-state index contributed by atoms with van der Waals surface area (Å²) in [5.41, 5.74) is 2.68. The number of aromatic amines is 1. The first-order valence-electron chi connectivity index (χ1n) is 6.58. The largest absolute Gasteiger partial charge is 0.504 e. The van der Waals surface area contributed by atoms with Crippen LogP contribution < -0.4 is 4.74 Å². The lowest BCUT2D eigenvalue weighted by Gasteiger charge is -2.04. The summed E-state index contributed by atoms with van der Waals surface area (Å²) in [6.45, 7) is 0. The number of ether oxygens (including phenoxy) is 2. The van der Waals surface area contributed by atoms with Gasteiger partial charge < -0.3 is 19.6 Å². The molecule has 0 saturated carbocycles. The molecule has 0 spiro atoms. The lowest BCUT2D eigenvalue weighted by atomic mass is 10.2. The van der Waals surface area contributed by atoms with Gasteiger partial charge in [-0.2, -0.15) is 0 Å². The number of H-pyrrole nitrogens is 1. The molecule has 0 bridgehead atoms. The van der Waals surface area contributed by atoms with Crippen LogP contribution in [0, 0.1) is 0 Å². The standard InChI is InChI=1S/C16H14N2O4/c1-21-14-8-9(4-6-13(14)19)15-17-11-5-3-10(16(20)22-2)7-12(11)18-15/h3-8,19H,1-2H3,(H,17,18). The number of carbonyl (C=O) groups excluding carboxylic acids is 1. The number of nitrogens with zero attached hydrogens (tertiary/aromatic N) is 1. The molecule has 0 aliphatic heterocycles. The highest BCUT2D eigenvalue weighted by Crippen LogP contribution is 2.31. The molecular weight excluding hydrogens is 284 g/mol. The second-order valence-electron chi connectivity index (χ2n) is 4.70. The van der Waals surface area contributed by atoms with Gasteiger partial charge in [0, 0.05) is 5.56 Å². The second-order valence-corrected chi connectivity index (χ2v) is 4.70. The predicted octanol–water partition coefficient (Wildman–Crippen LogP) is 2.73. The number of benzene rings is 2. The maximum atomic E-state index is 11.6. The van der Waals surface area contributed by atoms with E-state index in [2.05, 4.69) is 9.97 Å². The zero-order valence-corrected chi connectivity index (χ0v) is 12.1. The Kier molecular flexibility index (Phi) is 3.42. The molecule has 6 heteroatoms. The van der Waals surface area contributed by atoms with Crippen LogP contribution in [0.2, 0.25) is 0 Å². The Hall–Kier alpha value is -3.02. The minimum absolute atomic E-state index is 0.0651. The second kappa shape index (κ2) is 5.40. The number of fused-ring (bicyclic) bond motifs is 1. The topological polar surface area (TPSA) is 84.4 Å². The zero-order chi connectivity index (χ0) is 15.7. The highest BCUT2D eigenvalue weighted by Gasteiger charge is 2.11. The Morgan fingerprint density at radius 2 is 2.00 bits per heavy atom. The number of aromatic hydroxyl groups is 1. The van der Waals surface area contributed by atoms with E-state index in [1.165, 1.54) is 14.2 Å². The Morgan fingerprint density at radius 1 is 1.18 bits per heavy atom. The number of methoxy groups -OCH3 is 2. The van der Waals surface area contributed by atoms with E-state index in [-0.39, 0.29) is 5.75 Å². The molecule has 1 heterocycles. The van der Waals surface area contributed by atoms with Crippen LogP contribution in [0.4, 0.5) is 0 Å². The molecule has 0 unspecified atom stereocenters. The Bertz CT molecular complexity index is 854. The molecule has 112 valence electrons. The minimum atomic E-state index is -0.399. The quantitative estimate of drug-likeness (QED) is 0.726. The van der Waals surface area contributed by atoms with Crippen LogP contribution in [0.1, 0.15) is 10.4 Å². The molecule has 0 atom stereocenters. The number of hydrogen-bond donors (Lipinski definition) is 2. The van der Waals surface area contributed by atoms with Gasteiger partial charge in [0.1, 0.15) is 5.82 Å². The van der Waals surface area contributed by atoms with Crippen LogP contribution in [0.5, 0.6) is 11.5 Å². The highest BCUT2D eigenvalue weighted by molar-refractivity contribution is 5.94. The molecule has 2 aromatic carbocycles. The summed E-state index contributed by atoms with van der Waals surface area (Å²) >= 11 is 0. The molecule has 0 aliphatic carbocycles. The average molecular weight is 298 g/mol. The van der Waals surface area contributed by atoms with Gasteiger partial charge in [-0.25, -0.2) is 9.78 Å². The third kappa shape index (κ3) is 2.35. The number of phenolic OH excluding ortho intramolecular Hbond substituents is 1. The van der Waals surface area contributed by atoms with Crippen molar-refractivity contribution in [1.82, 2.24) is 9.97 Å². The van der Waals surface area contributed by atoms with E-state index in [0.717, 1.165) is 16.6 Å². The van der Waals surface area contributed by atoms with Crippen LogP contribution in [0.25, 0.3) is 22.4 Å². The third-order valence-electron chi connectivity index (χ3n) is 3.36. The maximum Gasteiger partial charge on any atom is 0.337 e. The number of esters is 1. The van der Waals surface area contributed by atoms with Crippen LogP contribution in [-0.2, 0) is 4.74 Å². The summed E-state index contributed by atoms with van der Waals surface area (Å²) in [5.74, 6) is 0.656. The summed E-state index contributed by atoms with van der Waals surface area (Å²) in [6.07, 6.45) is 0. The number of nitrogens with one attached hydrogen (secondary N) is 1. The van der Waals surface area contributed by atoms with E-state index in [1.54, 1.807) is 36.4 Å². The molecule has 2 N–H and O–H groups in total. The van der Waals surface area contributed by atoms with E-state index in [1.807, 2.05) is 0 Å². The van der Waals surface area contributed by atoms with Gasteiger partial charge in [0.05, 0.1) is 30.8 Å². The van der Waals surface area contributed by atoms with Gasteiger partial charge in [-0.15, -0.1) is 0 Å². The van der Waals surface area contributed by atoms with Crippen LogP contribution in [-0.4, -0.2) is 35.3 Å². The molecule has 6 nitrogen and oxygen atoms in total. The number of phenols is 1. The van der Waals surface area contributed by atoms with Crippen molar-refractivity contribution in [3.63, 3.8) is 0 Å². The molecular formula is C16H14N2O4. The summed E-state index contributed by atoms with van der Waals surface area (Å²) < 4.78 is 9.80. The molecule has 3 rings (SSSR count). The highest BCUT2D eigenvalue weighted by atomic mass is 16.5. The van der Waals surface area contributed by atoms with Gasteiger partial charge in [0.2, 0.25) is 0 Å². The van der Waals surface area contributed by atoms with Gasteiger partial charge in [-0.1, -0.05) is 0 Å². The van der Waals surface area contributed by atoms with Gasteiger partial charge in [0.25, 0.3) is 0 Å². The fourth-order valence-electron chi connectivity index (χ4n) is 2.22. The van der Waals surface area contributed by atoms with Gasteiger partial charge in [-0.3, -0.25) is 0 Å². The first kappa shape index (κ1) is 13.9. The lowest BCUT2D eigenvalue weighted by Crippen LogP contribution is -2.00. The van der Waals surface area contributed by atoms with E-state index in [9.17, 15) is 9.90 Å². The normalized spacial score (nSPS) is 10.6. The first-order chi connectivity index (χ1) is 10.6. The monoisotopic (exact) mass is 298 g/mol. The van der Waals surface area contributed by atoms with Crippen molar-refractivity contribution in [2.45, 2.75) is 0 Å². The molecule has 1 aromatic heterocycles. The number of carbonyl (C=O) groups is 1. The first-order valence-corrected chi connectivity index (χ1v) is 6.58. The number of rotatable bonds is 3. The number of imidazole rings is 1. The Labute approximate surface area is 126 Å². The van der Waals surface area contributed by atoms with Crippen molar-refractivity contribution in [2.24, 2.45) is 0 Å².